The van der Waals surface area contributed by atoms with Gasteiger partial charge >= 0.3 is 0 Å². The van der Waals surface area contributed by atoms with E-state index in [1.54, 1.807) is 0 Å². The standard InChI is InChI=1S/C42H28N4/c1-3-13-28(14-4-1)30-25-31(29-15-5-2-6-16-29)27-32(26-30)39-33-17-11-24-44-41(33)42(34-18-12-23-43-40(34)39)46-37-21-9-7-19-35(37)45-36-20-8-10-22-38(36)46/h1-27,45H. The van der Waals surface area contributed by atoms with Crippen LogP contribution in [-0.2, 0) is 0 Å². The average Bonchev–Trinajstić information content (AvgIpc) is 3.13. The van der Waals surface area contributed by atoms with Gasteiger partial charge in [0.15, 0.2) is 0 Å². The lowest BCUT2D eigenvalue weighted by Crippen LogP contribution is -2.18. The van der Waals surface area contributed by atoms with Crippen LogP contribution in [-0.4, -0.2) is 9.97 Å². The zero-order valence-electron chi connectivity index (χ0n) is 24.9. The highest BCUT2D eigenvalue weighted by atomic mass is 15.2. The van der Waals surface area contributed by atoms with Crippen molar-refractivity contribution in [3.63, 3.8) is 0 Å². The quantitative estimate of drug-likeness (QED) is 0.208. The topological polar surface area (TPSA) is 41.1 Å². The highest BCUT2D eigenvalue weighted by Crippen LogP contribution is 2.52. The Balaban J connectivity index is 1.38. The molecule has 1 aliphatic heterocycles. The number of rotatable bonds is 4. The first-order chi connectivity index (χ1) is 22.8. The minimum atomic E-state index is 0.927. The Morgan fingerprint density at radius 3 is 1.52 bits per heavy atom. The predicted octanol–water partition coefficient (Wildman–Crippen LogP) is 11.3. The van der Waals surface area contributed by atoms with Gasteiger partial charge in [0.05, 0.1) is 39.5 Å². The second kappa shape index (κ2) is 10.7. The molecule has 3 heterocycles. The molecular weight excluding hydrogens is 560 g/mol. The SMILES string of the molecule is c1ccc(-c2cc(-c3ccccc3)cc(-c3c4cccnc4c(N4c5ccccc5Nc5ccccc54)c4cccnc34)c2)cc1. The number of hydrogen-bond donors (Lipinski definition) is 1. The molecular formula is C42H28N4. The van der Waals surface area contributed by atoms with E-state index in [0.717, 1.165) is 72.5 Å². The molecule has 46 heavy (non-hydrogen) atoms. The summed E-state index contributed by atoms with van der Waals surface area (Å²) in [5.41, 5.74) is 14.0. The molecule has 0 radical (unpaired) electrons. The number of para-hydroxylation sites is 4. The van der Waals surface area contributed by atoms with Crippen LogP contribution in [0, 0.1) is 0 Å². The van der Waals surface area contributed by atoms with Crippen molar-refractivity contribution in [1.82, 2.24) is 9.97 Å². The van der Waals surface area contributed by atoms with Crippen LogP contribution in [0.25, 0.3) is 55.2 Å². The largest absolute Gasteiger partial charge is 0.352 e. The van der Waals surface area contributed by atoms with Crippen LogP contribution in [0.1, 0.15) is 0 Å². The van der Waals surface area contributed by atoms with Crippen molar-refractivity contribution in [2.75, 3.05) is 10.2 Å². The van der Waals surface area contributed by atoms with Gasteiger partial charge in [-0.05, 0) is 88.5 Å². The fourth-order valence-electron chi connectivity index (χ4n) is 6.80. The zero-order chi connectivity index (χ0) is 30.5. The molecule has 0 atom stereocenters. The van der Waals surface area contributed by atoms with E-state index in [-0.39, 0.29) is 0 Å². The smallest absolute Gasteiger partial charge is 0.0956 e. The molecule has 8 aromatic rings. The van der Waals surface area contributed by atoms with E-state index >= 15 is 0 Å². The van der Waals surface area contributed by atoms with E-state index in [4.69, 9.17) is 9.97 Å². The lowest BCUT2D eigenvalue weighted by atomic mass is 9.89. The van der Waals surface area contributed by atoms with E-state index in [9.17, 15) is 0 Å². The Morgan fingerprint density at radius 2 is 0.913 bits per heavy atom. The van der Waals surface area contributed by atoms with Crippen molar-refractivity contribution in [2.24, 2.45) is 0 Å². The fourth-order valence-corrected chi connectivity index (χ4v) is 6.80. The number of nitrogens with one attached hydrogen (secondary N) is 1. The van der Waals surface area contributed by atoms with Gasteiger partial charge in [-0.3, -0.25) is 9.97 Å². The second-order valence-electron chi connectivity index (χ2n) is 11.5. The summed E-state index contributed by atoms with van der Waals surface area (Å²) in [5, 5.41) is 5.74. The van der Waals surface area contributed by atoms with Crippen LogP contribution >= 0.6 is 0 Å². The summed E-state index contributed by atoms with van der Waals surface area (Å²) in [5.74, 6) is 0. The predicted molar refractivity (Wildman–Crippen MR) is 191 cm³/mol. The molecule has 0 fully saturated rings. The summed E-state index contributed by atoms with van der Waals surface area (Å²) in [6.45, 7) is 0. The third kappa shape index (κ3) is 4.23. The third-order valence-corrected chi connectivity index (χ3v) is 8.82. The van der Waals surface area contributed by atoms with Crippen LogP contribution in [0.3, 0.4) is 0 Å². The lowest BCUT2D eigenvalue weighted by molar-refractivity contribution is 1.25. The van der Waals surface area contributed by atoms with Gasteiger partial charge in [0, 0.05) is 28.7 Å². The second-order valence-corrected chi connectivity index (χ2v) is 11.5. The molecule has 0 spiro atoms. The molecule has 0 aliphatic carbocycles. The van der Waals surface area contributed by atoms with Crippen molar-refractivity contribution in [1.29, 1.82) is 0 Å². The van der Waals surface area contributed by atoms with Crippen molar-refractivity contribution in [3.8, 4) is 33.4 Å². The maximum absolute atomic E-state index is 5.11. The molecule has 2 aromatic heterocycles. The molecule has 1 N–H and O–H groups in total. The summed E-state index contributed by atoms with van der Waals surface area (Å²) < 4.78 is 0. The van der Waals surface area contributed by atoms with Crippen molar-refractivity contribution < 1.29 is 0 Å². The highest BCUT2D eigenvalue weighted by Gasteiger charge is 2.29. The molecule has 4 nitrogen and oxygen atoms in total. The van der Waals surface area contributed by atoms with Crippen LogP contribution in [0.5, 0.6) is 0 Å². The third-order valence-electron chi connectivity index (χ3n) is 8.82. The van der Waals surface area contributed by atoms with E-state index in [1.165, 1.54) is 11.1 Å². The molecule has 1 aliphatic rings. The zero-order valence-corrected chi connectivity index (χ0v) is 24.9. The Morgan fingerprint density at radius 1 is 0.413 bits per heavy atom. The number of nitrogens with zero attached hydrogens (tertiary/aromatic N) is 3. The summed E-state index contributed by atoms with van der Waals surface area (Å²) >= 11 is 0. The highest BCUT2D eigenvalue weighted by molar-refractivity contribution is 6.21. The van der Waals surface area contributed by atoms with E-state index in [2.05, 4.69) is 150 Å². The summed E-state index contributed by atoms with van der Waals surface area (Å²) in [6, 6.07) is 53.4. The number of aromatic nitrogens is 2. The molecule has 0 bridgehead atoms. The monoisotopic (exact) mass is 588 g/mol. The van der Waals surface area contributed by atoms with Gasteiger partial charge in [0.1, 0.15) is 0 Å². The number of hydrogen-bond acceptors (Lipinski definition) is 4. The lowest BCUT2D eigenvalue weighted by Gasteiger charge is -2.35. The first kappa shape index (κ1) is 26.2. The summed E-state index contributed by atoms with van der Waals surface area (Å²) in [6.07, 6.45) is 3.80. The number of anilines is 5. The Hall–Kier alpha value is -6.26. The van der Waals surface area contributed by atoms with Gasteiger partial charge < -0.3 is 10.2 Å². The van der Waals surface area contributed by atoms with E-state index < -0.39 is 0 Å². The number of fused-ring (bicyclic) bond motifs is 4. The molecule has 0 unspecified atom stereocenters. The van der Waals surface area contributed by atoms with Crippen LogP contribution in [0.15, 0.2) is 164 Å². The van der Waals surface area contributed by atoms with Gasteiger partial charge in [0.25, 0.3) is 0 Å². The molecule has 0 saturated carbocycles. The molecule has 0 amide bonds. The van der Waals surface area contributed by atoms with E-state index in [0.29, 0.717) is 0 Å². The van der Waals surface area contributed by atoms with Gasteiger partial charge in [0.2, 0.25) is 0 Å². The maximum atomic E-state index is 5.11. The van der Waals surface area contributed by atoms with Gasteiger partial charge in [-0.25, -0.2) is 0 Å². The number of pyridine rings is 2. The van der Waals surface area contributed by atoms with Crippen LogP contribution in [0.4, 0.5) is 28.4 Å². The van der Waals surface area contributed by atoms with Crippen LogP contribution in [0.2, 0.25) is 0 Å². The Kier molecular flexibility index (Phi) is 6.10. The van der Waals surface area contributed by atoms with Gasteiger partial charge in [-0.15, -0.1) is 0 Å². The molecule has 6 aromatic carbocycles. The van der Waals surface area contributed by atoms with Crippen molar-refractivity contribution in [2.45, 2.75) is 0 Å². The number of benzene rings is 6. The average molecular weight is 589 g/mol. The molecule has 9 rings (SSSR count). The summed E-state index contributed by atoms with van der Waals surface area (Å²) in [4.78, 5) is 12.6. The fraction of sp³-hybridized carbons (Fsp3) is 0. The van der Waals surface area contributed by atoms with E-state index in [1.807, 2.05) is 24.5 Å². The first-order valence-corrected chi connectivity index (χ1v) is 15.5. The van der Waals surface area contributed by atoms with Crippen molar-refractivity contribution in [3.05, 3.63) is 164 Å². The molecule has 4 heteroatoms. The van der Waals surface area contributed by atoms with Crippen LogP contribution < -0.4 is 10.2 Å². The molecule has 216 valence electrons. The Labute approximate surface area is 267 Å². The van der Waals surface area contributed by atoms with Gasteiger partial charge in [-0.1, -0.05) is 91.0 Å². The maximum Gasteiger partial charge on any atom is 0.0956 e. The minimum Gasteiger partial charge on any atom is -0.352 e. The first-order valence-electron chi connectivity index (χ1n) is 15.5. The Bertz CT molecular complexity index is 2240. The molecule has 0 saturated heterocycles. The normalized spacial score (nSPS) is 12.0. The summed E-state index contributed by atoms with van der Waals surface area (Å²) in [7, 11) is 0. The van der Waals surface area contributed by atoms with Gasteiger partial charge in [-0.2, -0.15) is 0 Å². The minimum absolute atomic E-state index is 0.927. The van der Waals surface area contributed by atoms with Crippen molar-refractivity contribution >= 4 is 50.2 Å².